The quantitative estimate of drug-likeness (QED) is 0.757. The van der Waals surface area contributed by atoms with E-state index in [0.717, 1.165) is 12.8 Å². The van der Waals surface area contributed by atoms with Crippen molar-refractivity contribution in [3.05, 3.63) is 23.8 Å². The van der Waals surface area contributed by atoms with E-state index in [0.29, 0.717) is 29.1 Å². The molecule has 26 heavy (non-hydrogen) atoms. The predicted molar refractivity (Wildman–Crippen MR) is 98.8 cm³/mol. The van der Waals surface area contributed by atoms with Crippen molar-refractivity contribution in [3.63, 3.8) is 0 Å². The zero-order valence-electron chi connectivity index (χ0n) is 15.8. The van der Waals surface area contributed by atoms with Crippen LogP contribution in [-0.2, 0) is 4.79 Å². The maximum Gasteiger partial charge on any atom is 0.223 e. The van der Waals surface area contributed by atoms with Gasteiger partial charge in [0.25, 0.3) is 0 Å². The molecule has 6 nitrogen and oxygen atoms in total. The highest BCUT2D eigenvalue weighted by Gasteiger charge is 2.36. The first-order valence-electron chi connectivity index (χ1n) is 9.28. The molecule has 2 heterocycles. The van der Waals surface area contributed by atoms with Crippen molar-refractivity contribution in [1.29, 1.82) is 0 Å². The molecular weight excluding hydrogens is 332 g/mol. The summed E-state index contributed by atoms with van der Waals surface area (Å²) in [6.07, 6.45) is 4.89. The highest BCUT2D eigenvalue weighted by Crippen LogP contribution is 2.30. The van der Waals surface area contributed by atoms with Crippen molar-refractivity contribution < 1.29 is 19.1 Å². The Bertz CT molecular complexity index is 664. The number of nitrogens with zero attached hydrogens (tertiary/aromatic N) is 1. The van der Waals surface area contributed by atoms with Gasteiger partial charge in [0.2, 0.25) is 5.91 Å². The average Bonchev–Trinajstić information content (AvgIpc) is 3.02. The molecule has 0 aliphatic carbocycles. The fraction of sp³-hybridized carbons (Fsp3) is 0.600. The Kier molecular flexibility index (Phi) is 5.81. The van der Waals surface area contributed by atoms with Crippen molar-refractivity contribution in [2.45, 2.75) is 56.7 Å². The molecule has 2 saturated heterocycles. The fourth-order valence-electron chi connectivity index (χ4n) is 4.10. The number of methoxy groups -OCH3 is 2. The van der Waals surface area contributed by atoms with Gasteiger partial charge in [0, 0.05) is 43.6 Å². The van der Waals surface area contributed by atoms with Gasteiger partial charge in [-0.2, -0.15) is 0 Å². The summed E-state index contributed by atoms with van der Waals surface area (Å²) in [5.74, 6) is 1.09. The minimum absolute atomic E-state index is 0.0464. The van der Waals surface area contributed by atoms with Crippen molar-refractivity contribution in [3.8, 4) is 11.5 Å². The molecule has 1 aromatic rings. The van der Waals surface area contributed by atoms with E-state index in [2.05, 4.69) is 5.32 Å². The molecule has 0 aromatic heterocycles. The Morgan fingerprint density at radius 1 is 1.08 bits per heavy atom. The molecule has 0 saturated carbocycles. The van der Waals surface area contributed by atoms with Crippen LogP contribution in [0.2, 0.25) is 0 Å². The number of carbonyl (C=O) groups excluding carboxylic acids is 2. The molecule has 1 N–H and O–H groups in total. The fourth-order valence-corrected chi connectivity index (χ4v) is 4.10. The number of carbonyl (C=O) groups is 2. The van der Waals surface area contributed by atoms with Gasteiger partial charge < -0.3 is 19.7 Å². The van der Waals surface area contributed by atoms with Crippen molar-refractivity contribution >= 4 is 11.7 Å². The molecule has 2 aliphatic heterocycles. The Morgan fingerprint density at radius 3 is 2.35 bits per heavy atom. The Hall–Kier alpha value is -2.08. The van der Waals surface area contributed by atoms with Crippen LogP contribution in [0.15, 0.2) is 18.2 Å². The molecule has 2 atom stereocenters. The summed E-state index contributed by atoms with van der Waals surface area (Å²) in [4.78, 5) is 26.9. The summed E-state index contributed by atoms with van der Waals surface area (Å²) in [7, 11) is 4.97. The van der Waals surface area contributed by atoms with Crippen LogP contribution < -0.4 is 14.8 Å². The lowest BCUT2D eigenvalue weighted by Crippen LogP contribution is -2.48. The zero-order chi connectivity index (χ0) is 18.7. The topological polar surface area (TPSA) is 67.9 Å². The van der Waals surface area contributed by atoms with E-state index in [-0.39, 0.29) is 30.6 Å². The SMILES string of the molecule is COc1ccc(C(=O)CCC(=O)N(C)C2CC3CCC(C2)N3)cc1OC. The number of ether oxygens (including phenoxy) is 2. The Morgan fingerprint density at radius 2 is 1.73 bits per heavy atom. The normalized spacial score (nSPS) is 24.2. The van der Waals surface area contributed by atoms with Crippen molar-refractivity contribution in [1.82, 2.24) is 10.2 Å². The summed E-state index contributed by atoms with van der Waals surface area (Å²) in [6, 6.07) is 6.47. The van der Waals surface area contributed by atoms with Gasteiger partial charge in [-0.3, -0.25) is 9.59 Å². The predicted octanol–water partition coefficient (Wildman–Crippen LogP) is 2.41. The lowest BCUT2D eigenvalue weighted by molar-refractivity contribution is -0.132. The molecular formula is C20H28N2O4. The molecule has 0 radical (unpaired) electrons. The van der Waals surface area contributed by atoms with Crippen LogP contribution in [0.5, 0.6) is 11.5 Å². The highest BCUT2D eigenvalue weighted by atomic mass is 16.5. The van der Waals surface area contributed by atoms with Gasteiger partial charge in [0.1, 0.15) is 0 Å². The van der Waals surface area contributed by atoms with E-state index in [1.54, 1.807) is 25.3 Å². The summed E-state index contributed by atoms with van der Waals surface area (Å²) < 4.78 is 10.4. The van der Waals surface area contributed by atoms with E-state index < -0.39 is 0 Å². The third kappa shape index (κ3) is 4.01. The number of hydrogen-bond acceptors (Lipinski definition) is 5. The lowest BCUT2D eigenvalue weighted by atomic mass is 9.98. The van der Waals surface area contributed by atoms with Gasteiger partial charge in [-0.05, 0) is 43.9 Å². The second-order valence-electron chi connectivity index (χ2n) is 7.26. The van der Waals surface area contributed by atoms with Crippen LogP contribution in [0.25, 0.3) is 0 Å². The van der Waals surface area contributed by atoms with Crippen LogP contribution in [0, 0.1) is 0 Å². The molecule has 0 spiro atoms. The highest BCUT2D eigenvalue weighted by molar-refractivity contribution is 5.98. The van der Waals surface area contributed by atoms with Crippen LogP contribution in [0.3, 0.4) is 0 Å². The summed E-state index contributed by atoms with van der Waals surface area (Å²) in [6.45, 7) is 0. The smallest absolute Gasteiger partial charge is 0.223 e. The third-order valence-electron chi connectivity index (χ3n) is 5.66. The van der Waals surface area contributed by atoms with E-state index >= 15 is 0 Å². The third-order valence-corrected chi connectivity index (χ3v) is 5.66. The first-order valence-corrected chi connectivity index (χ1v) is 9.28. The maximum absolute atomic E-state index is 12.5. The summed E-state index contributed by atoms with van der Waals surface area (Å²) in [5.41, 5.74) is 0.540. The van der Waals surface area contributed by atoms with Gasteiger partial charge in [-0.1, -0.05) is 0 Å². The van der Waals surface area contributed by atoms with Gasteiger partial charge in [-0.15, -0.1) is 0 Å². The number of fused-ring (bicyclic) bond motifs is 2. The summed E-state index contributed by atoms with van der Waals surface area (Å²) in [5, 5.41) is 3.59. The first-order chi connectivity index (χ1) is 12.5. The minimum atomic E-state index is -0.0573. The molecule has 1 aromatic carbocycles. The van der Waals surface area contributed by atoms with E-state index in [1.165, 1.54) is 20.0 Å². The first kappa shape index (κ1) is 18.7. The van der Waals surface area contributed by atoms with Gasteiger partial charge in [0.15, 0.2) is 17.3 Å². The van der Waals surface area contributed by atoms with Crippen molar-refractivity contribution in [2.75, 3.05) is 21.3 Å². The number of benzene rings is 1. The number of hydrogen-bond donors (Lipinski definition) is 1. The lowest BCUT2D eigenvalue weighted by Gasteiger charge is -2.35. The number of amides is 1. The maximum atomic E-state index is 12.5. The van der Waals surface area contributed by atoms with E-state index in [4.69, 9.17) is 9.47 Å². The Balaban J connectivity index is 1.54. The molecule has 2 unspecified atom stereocenters. The number of piperidine rings is 1. The molecule has 2 bridgehead atoms. The second-order valence-corrected chi connectivity index (χ2v) is 7.26. The van der Waals surface area contributed by atoms with Crippen LogP contribution in [0.1, 0.15) is 48.9 Å². The van der Waals surface area contributed by atoms with Gasteiger partial charge >= 0.3 is 0 Å². The van der Waals surface area contributed by atoms with Gasteiger partial charge in [-0.25, -0.2) is 0 Å². The number of ketones is 1. The molecule has 3 rings (SSSR count). The van der Waals surface area contributed by atoms with E-state index in [9.17, 15) is 9.59 Å². The van der Waals surface area contributed by atoms with Crippen LogP contribution >= 0.6 is 0 Å². The van der Waals surface area contributed by atoms with Crippen LogP contribution in [-0.4, -0.2) is 56.0 Å². The molecule has 1 amide bonds. The number of nitrogens with one attached hydrogen (secondary N) is 1. The average molecular weight is 360 g/mol. The molecule has 2 aliphatic rings. The zero-order valence-corrected chi connectivity index (χ0v) is 15.8. The van der Waals surface area contributed by atoms with Crippen molar-refractivity contribution in [2.24, 2.45) is 0 Å². The number of Topliss-reactive ketones (excluding diaryl/α,β-unsaturated/α-hetero) is 1. The molecule has 6 heteroatoms. The largest absolute Gasteiger partial charge is 0.493 e. The minimum Gasteiger partial charge on any atom is -0.493 e. The standard InChI is InChI=1S/C20H28N2O4/c1-22(16-11-14-5-6-15(12-16)21-14)20(24)9-7-17(23)13-4-8-18(25-2)19(10-13)26-3/h4,8,10,14-16,21H,5-7,9,11-12H2,1-3H3. The van der Waals surface area contributed by atoms with Gasteiger partial charge in [0.05, 0.1) is 14.2 Å². The Labute approximate surface area is 154 Å². The molecule has 2 fully saturated rings. The number of rotatable bonds is 7. The molecule has 142 valence electrons. The summed E-state index contributed by atoms with van der Waals surface area (Å²) >= 11 is 0. The monoisotopic (exact) mass is 360 g/mol. The van der Waals surface area contributed by atoms with E-state index in [1.807, 2.05) is 11.9 Å². The van der Waals surface area contributed by atoms with Crippen LogP contribution in [0.4, 0.5) is 0 Å². The second kappa shape index (κ2) is 8.08.